The molecule has 4 N–H and O–H groups in total. The summed E-state index contributed by atoms with van der Waals surface area (Å²) in [5.74, 6) is -1.88. The fraction of sp³-hybridized carbons (Fsp3) is 0.643. The van der Waals surface area contributed by atoms with Crippen LogP contribution >= 0.6 is 11.8 Å². The Labute approximate surface area is 138 Å². The Morgan fingerprint density at radius 2 is 2.30 bits per heavy atom. The first kappa shape index (κ1) is 17.8. The topological polar surface area (TPSA) is 125 Å². The number of carboxylic acids is 1. The van der Waals surface area contributed by atoms with Gasteiger partial charge in [-0.15, -0.1) is 0 Å². The third kappa shape index (κ3) is 3.22. The van der Waals surface area contributed by atoms with E-state index in [2.05, 4.69) is 4.99 Å². The predicted molar refractivity (Wildman–Crippen MR) is 85.6 cm³/mol. The van der Waals surface area contributed by atoms with Gasteiger partial charge >= 0.3 is 5.97 Å². The molecule has 2 heterocycles. The average Bonchev–Trinajstić information content (AvgIpc) is 2.72. The number of aliphatic hydroxyl groups excluding tert-OH is 1. The summed E-state index contributed by atoms with van der Waals surface area (Å²) in [5.41, 5.74) is 5.13. The smallest absolute Gasteiger partial charge is 0.353 e. The average molecular weight is 343 g/mol. The van der Waals surface area contributed by atoms with E-state index in [0.29, 0.717) is 18.1 Å². The van der Waals surface area contributed by atoms with E-state index in [1.807, 2.05) is 6.92 Å². The number of nitrogens with two attached hydrogens (primary N) is 1. The number of ether oxygens (including phenoxy) is 1. The van der Waals surface area contributed by atoms with Gasteiger partial charge in [-0.3, -0.25) is 9.79 Å². The molecule has 0 spiro atoms. The van der Waals surface area contributed by atoms with Gasteiger partial charge in [0.15, 0.2) is 0 Å². The number of aliphatic hydroxyl groups is 1. The molecule has 0 aromatic carbocycles. The zero-order valence-corrected chi connectivity index (χ0v) is 13.8. The van der Waals surface area contributed by atoms with Gasteiger partial charge < -0.3 is 25.6 Å². The van der Waals surface area contributed by atoms with E-state index in [1.165, 1.54) is 23.0 Å². The zero-order valence-electron chi connectivity index (χ0n) is 13.0. The van der Waals surface area contributed by atoms with E-state index in [4.69, 9.17) is 10.5 Å². The molecule has 128 valence electrons. The largest absolute Gasteiger partial charge is 0.477 e. The van der Waals surface area contributed by atoms with Crippen LogP contribution < -0.4 is 5.73 Å². The lowest BCUT2D eigenvalue weighted by Crippen LogP contribution is -2.63. The molecule has 2 aliphatic heterocycles. The monoisotopic (exact) mass is 343 g/mol. The second-order valence-electron chi connectivity index (χ2n) is 5.50. The van der Waals surface area contributed by atoms with Crippen molar-refractivity contribution in [2.24, 2.45) is 22.6 Å². The Morgan fingerprint density at radius 3 is 2.87 bits per heavy atom. The van der Waals surface area contributed by atoms with Gasteiger partial charge in [0.25, 0.3) is 0 Å². The highest BCUT2D eigenvalue weighted by Crippen LogP contribution is 2.50. The Bertz CT molecular complexity index is 549. The van der Waals surface area contributed by atoms with Crippen molar-refractivity contribution < 1.29 is 24.5 Å². The number of fused-ring (bicyclic) bond motifs is 1. The van der Waals surface area contributed by atoms with Gasteiger partial charge in [-0.2, -0.15) is 0 Å². The molecular formula is C14H21N3O5S. The van der Waals surface area contributed by atoms with Gasteiger partial charge in [0, 0.05) is 10.8 Å². The van der Waals surface area contributed by atoms with Gasteiger partial charge in [-0.05, 0) is 6.92 Å². The molecule has 0 bridgehead atoms. The third-order valence-electron chi connectivity index (χ3n) is 4.08. The van der Waals surface area contributed by atoms with Gasteiger partial charge in [-0.25, -0.2) is 4.79 Å². The molecule has 0 aliphatic carbocycles. The van der Waals surface area contributed by atoms with Crippen LogP contribution in [0.2, 0.25) is 0 Å². The molecule has 2 aliphatic rings. The van der Waals surface area contributed by atoms with E-state index in [9.17, 15) is 19.8 Å². The summed E-state index contributed by atoms with van der Waals surface area (Å²) in [6.45, 7) is 4.25. The molecule has 4 atom stereocenters. The highest BCUT2D eigenvalue weighted by molar-refractivity contribution is 8.03. The lowest BCUT2D eigenvalue weighted by atomic mass is 9.79. The number of hydrogen-bond donors (Lipinski definition) is 3. The molecule has 2 rings (SSSR count). The van der Waals surface area contributed by atoms with E-state index in [1.54, 1.807) is 6.92 Å². The second kappa shape index (κ2) is 7.33. The minimum atomic E-state index is -1.13. The van der Waals surface area contributed by atoms with Crippen LogP contribution in [0.3, 0.4) is 0 Å². The molecule has 4 unspecified atom stereocenters. The molecule has 0 radical (unpaired) electrons. The lowest BCUT2D eigenvalue weighted by molar-refractivity contribution is -0.163. The highest BCUT2D eigenvalue weighted by Gasteiger charge is 2.59. The molecule has 23 heavy (non-hydrogen) atoms. The van der Waals surface area contributed by atoms with Gasteiger partial charge in [0.2, 0.25) is 5.91 Å². The molecule has 0 saturated carbocycles. The van der Waals surface area contributed by atoms with E-state index in [0.717, 1.165) is 0 Å². The van der Waals surface area contributed by atoms with Crippen LogP contribution in [0, 0.1) is 11.8 Å². The maximum atomic E-state index is 12.1. The summed E-state index contributed by atoms with van der Waals surface area (Å²) in [6, 6.07) is -0.294. The summed E-state index contributed by atoms with van der Waals surface area (Å²) < 4.78 is 5.38. The summed E-state index contributed by atoms with van der Waals surface area (Å²) >= 11 is 1.27. The predicted octanol–water partition coefficient (Wildman–Crippen LogP) is -0.166. The number of nitrogens with zero attached hydrogens (tertiary/aromatic N) is 2. The molecule has 9 heteroatoms. The zero-order chi connectivity index (χ0) is 17.1. The molecule has 0 aromatic heterocycles. The minimum Gasteiger partial charge on any atom is -0.477 e. The van der Waals surface area contributed by atoms with Crippen molar-refractivity contribution in [3.8, 4) is 0 Å². The third-order valence-corrected chi connectivity index (χ3v) is 5.24. The number of aliphatic carboxylic acids is 1. The quantitative estimate of drug-likeness (QED) is 0.184. The molecule has 1 amide bonds. The van der Waals surface area contributed by atoms with Crippen LogP contribution in [0.1, 0.15) is 13.8 Å². The second-order valence-corrected chi connectivity index (χ2v) is 6.46. The van der Waals surface area contributed by atoms with Crippen LogP contribution in [0.15, 0.2) is 15.6 Å². The molecular weight excluding hydrogens is 322 g/mol. The fourth-order valence-corrected chi connectivity index (χ4v) is 4.12. The molecule has 8 nitrogen and oxygen atoms in total. The Hall–Kier alpha value is -1.58. The van der Waals surface area contributed by atoms with Crippen molar-refractivity contribution in [2.45, 2.75) is 26.0 Å². The number of hydrogen-bond acceptors (Lipinski definition) is 6. The van der Waals surface area contributed by atoms with Crippen LogP contribution in [0.5, 0.6) is 0 Å². The number of carbonyl (C=O) groups is 2. The first-order chi connectivity index (χ1) is 10.9. The van der Waals surface area contributed by atoms with Crippen LogP contribution in [-0.4, -0.2) is 64.6 Å². The SMILES string of the molecule is CC(O)C1C(=O)N2C(C(=O)O)=C(SCOCCN=CN)C(C)C12. The normalized spacial score (nSPS) is 28.2. The highest BCUT2D eigenvalue weighted by atomic mass is 32.2. The Morgan fingerprint density at radius 1 is 1.61 bits per heavy atom. The Kier molecular flexibility index (Phi) is 5.66. The maximum Gasteiger partial charge on any atom is 0.353 e. The Balaban J connectivity index is 2.05. The number of rotatable bonds is 8. The van der Waals surface area contributed by atoms with Crippen molar-refractivity contribution in [1.82, 2.24) is 4.90 Å². The van der Waals surface area contributed by atoms with E-state index < -0.39 is 18.0 Å². The fourth-order valence-electron chi connectivity index (χ4n) is 3.07. The van der Waals surface area contributed by atoms with Crippen molar-refractivity contribution in [3.63, 3.8) is 0 Å². The number of β-lactam (4-membered cyclic amide) rings is 1. The van der Waals surface area contributed by atoms with Crippen molar-refractivity contribution in [2.75, 3.05) is 19.1 Å². The summed E-state index contributed by atoms with van der Waals surface area (Å²) in [4.78, 5) is 29.4. The van der Waals surface area contributed by atoms with Crippen molar-refractivity contribution in [1.29, 1.82) is 0 Å². The maximum absolute atomic E-state index is 12.1. The first-order valence-corrected chi connectivity index (χ1v) is 8.29. The summed E-state index contributed by atoms with van der Waals surface area (Å²) in [6.07, 6.45) is 0.406. The molecule has 0 aromatic rings. The van der Waals surface area contributed by atoms with Crippen LogP contribution in [0.4, 0.5) is 0 Å². The lowest BCUT2D eigenvalue weighted by Gasteiger charge is -2.46. The van der Waals surface area contributed by atoms with Crippen LogP contribution in [0.25, 0.3) is 0 Å². The van der Waals surface area contributed by atoms with Crippen molar-refractivity contribution in [3.05, 3.63) is 10.6 Å². The summed E-state index contributed by atoms with van der Waals surface area (Å²) in [7, 11) is 0. The number of aliphatic imine (C=N–C) groups is 1. The van der Waals surface area contributed by atoms with E-state index >= 15 is 0 Å². The number of amides is 1. The molecule has 1 fully saturated rings. The minimum absolute atomic E-state index is 0.0120. The van der Waals surface area contributed by atoms with E-state index in [-0.39, 0.29) is 29.5 Å². The van der Waals surface area contributed by atoms with Gasteiger partial charge in [-0.1, -0.05) is 18.7 Å². The van der Waals surface area contributed by atoms with Crippen molar-refractivity contribution >= 4 is 30.0 Å². The van der Waals surface area contributed by atoms with Gasteiger partial charge in [0.05, 0.1) is 43.5 Å². The first-order valence-electron chi connectivity index (χ1n) is 7.31. The number of carboxylic acid groups (broad SMARTS) is 1. The number of carbonyl (C=O) groups excluding carboxylic acids is 1. The van der Waals surface area contributed by atoms with Crippen LogP contribution in [-0.2, 0) is 14.3 Å². The standard InChI is InChI=1S/C14H21N3O5S/c1-7-10-9(8(2)18)13(19)17(10)11(14(20)21)12(7)23-6-22-4-3-16-5-15/h5,7-10,18H,3-4,6H2,1-2H3,(H2,15,16)(H,20,21). The van der Waals surface area contributed by atoms with Gasteiger partial charge in [0.1, 0.15) is 5.70 Å². The number of thioether (sulfide) groups is 1. The molecule has 1 saturated heterocycles. The summed E-state index contributed by atoms with van der Waals surface area (Å²) in [5, 5.41) is 19.2.